The monoisotopic (exact) mass is 400 g/mol. The molecule has 1 fully saturated rings. The molecule has 2 aromatic carbocycles. The van der Waals surface area contributed by atoms with Gasteiger partial charge in [0.2, 0.25) is 11.8 Å². The molecule has 1 atom stereocenters. The van der Waals surface area contributed by atoms with Gasteiger partial charge in [0, 0.05) is 13.1 Å². The summed E-state index contributed by atoms with van der Waals surface area (Å²) in [7, 11) is 0. The maximum atomic E-state index is 13.9. The van der Waals surface area contributed by atoms with Crippen molar-refractivity contribution in [1.82, 2.24) is 10.2 Å². The Morgan fingerprint density at radius 1 is 1.17 bits per heavy atom. The van der Waals surface area contributed by atoms with Crippen molar-refractivity contribution in [2.45, 2.75) is 25.0 Å². The molecule has 1 unspecified atom stereocenters. The van der Waals surface area contributed by atoms with E-state index in [4.69, 9.17) is 4.74 Å². The normalized spacial score (nSPS) is 16.0. The van der Waals surface area contributed by atoms with E-state index in [1.54, 1.807) is 25.1 Å². The van der Waals surface area contributed by atoms with E-state index in [2.05, 4.69) is 5.32 Å². The van der Waals surface area contributed by atoms with Gasteiger partial charge in [-0.25, -0.2) is 4.39 Å². The summed E-state index contributed by atoms with van der Waals surface area (Å²) >= 11 is 0. The van der Waals surface area contributed by atoms with Gasteiger partial charge in [0.25, 0.3) is 0 Å². The highest BCUT2D eigenvalue weighted by molar-refractivity contribution is 5.85. The number of likely N-dealkylation sites (tertiary alicyclic amines) is 1. The van der Waals surface area contributed by atoms with E-state index in [1.807, 2.05) is 30.3 Å². The van der Waals surface area contributed by atoms with E-state index >= 15 is 0 Å². The third-order valence-electron chi connectivity index (χ3n) is 5.13. The van der Waals surface area contributed by atoms with Gasteiger partial charge in [-0.3, -0.25) is 9.59 Å². The lowest BCUT2D eigenvalue weighted by molar-refractivity contribution is -0.149. The van der Waals surface area contributed by atoms with Gasteiger partial charge >= 0.3 is 0 Å². The Morgan fingerprint density at radius 3 is 2.48 bits per heavy atom. The van der Waals surface area contributed by atoms with Gasteiger partial charge in [0.05, 0.1) is 24.7 Å². The zero-order valence-corrected chi connectivity index (χ0v) is 16.3. The highest BCUT2D eigenvalue weighted by Crippen LogP contribution is 2.24. The summed E-state index contributed by atoms with van der Waals surface area (Å²) in [6.07, 6.45) is 0. The number of hydrogen-bond donors (Lipinski definition) is 2. The zero-order valence-electron chi connectivity index (χ0n) is 16.3. The summed E-state index contributed by atoms with van der Waals surface area (Å²) in [6, 6.07) is 15.6. The van der Waals surface area contributed by atoms with E-state index in [-0.39, 0.29) is 32.2 Å². The summed E-state index contributed by atoms with van der Waals surface area (Å²) in [4.78, 5) is 26.3. The minimum Gasteiger partial charge on any atom is -0.394 e. The number of aliphatic hydroxyl groups is 1. The van der Waals surface area contributed by atoms with E-state index < -0.39 is 23.2 Å². The van der Waals surface area contributed by atoms with Crippen LogP contribution in [0.15, 0.2) is 54.6 Å². The molecular formula is C22H25FN2O4. The summed E-state index contributed by atoms with van der Waals surface area (Å²) in [6.45, 7) is 1.94. The van der Waals surface area contributed by atoms with Crippen LogP contribution in [0.25, 0.3) is 0 Å². The Kier molecular flexibility index (Phi) is 6.61. The van der Waals surface area contributed by atoms with E-state index in [0.717, 1.165) is 5.56 Å². The van der Waals surface area contributed by atoms with Crippen LogP contribution in [-0.4, -0.2) is 53.7 Å². The van der Waals surface area contributed by atoms with Crippen LogP contribution in [0.3, 0.4) is 0 Å². The van der Waals surface area contributed by atoms with Crippen molar-refractivity contribution < 1.29 is 23.8 Å². The number of rotatable bonds is 8. The van der Waals surface area contributed by atoms with Gasteiger partial charge in [0.15, 0.2) is 0 Å². The van der Waals surface area contributed by atoms with Crippen molar-refractivity contribution in [2.24, 2.45) is 0 Å². The van der Waals surface area contributed by atoms with Crippen LogP contribution in [0.4, 0.5) is 4.39 Å². The van der Waals surface area contributed by atoms with Crippen molar-refractivity contribution in [3.63, 3.8) is 0 Å². The first-order valence-electron chi connectivity index (χ1n) is 9.51. The van der Waals surface area contributed by atoms with Crippen molar-refractivity contribution >= 4 is 11.8 Å². The zero-order chi connectivity index (χ0) is 20.9. The second-order valence-corrected chi connectivity index (χ2v) is 7.40. The number of carbonyl (C=O) groups excluding carboxylic acids is 2. The first-order valence-corrected chi connectivity index (χ1v) is 9.51. The molecule has 154 valence electrons. The Bertz CT molecular complexity index is 853. The SMILES string of the molecule is CC(C(=O)NC1(CO)CN(C(=O)COCc2ccccc2)C1)c1ccccc1F. The molecule has 2 N–H and O–H groups in total. The minimum atomic E-state index is -0.911. The summed E-state index contributed by atoms with van der Waals surface area (Å²) in [5.74, 6) is -1.76. The molecule has 7 heteroatoms. The molecule has 2 amide bonds. The average molecular weight is 400 g/mol. The molecule has 2 aromatic rings. The van der Waals surface area contributed by atoms with Crippen molar-refractivity contribution in [2.75, 3.05) is 26.3 Å². The topological polar surface area (TPSA) is 78.9 Å². The Labute approximate surface area is 169 Å². The predicted octanol–water partition coefficient (Wildman–Crippen LogP) is 1.84. The molecule has 0 bridgehead atoms. The molecule has 1 aliphatic rings. The number of nitrogens with one attached hydrogen (secondary N) is 1. The van der Waals surface area contributed by atoms with E-state index in [9.17, 15) is 19.1 Å². The largest absolute Gasteiger partial charge is 0.394 e. The van der Waals surface area contributed by atoms with Crippen molar-refractivity contribution in [3.8, 4) is 0 Å². The molecule has 0 spiro atoms. The highest BCUT2D eigenvalue weighted by atomic mass is 19.1. The summed E-state index contributed by atoms with van der Waals surface area (Å²) in [5, 5.41) is 12.5. The third-order valence-corrected chi connectivity index (χ3v) is 5.13. The van der Waals surface area contributed by atoms with Gasteiger partial charge in [-0.2, -0.15) is 0 Å². The van der Waals surface area contributed by atoms with Crippen LogP contribution in [0, 0.1) is 5.82 Å². The van der Waals surface area contributed by atoms with Gasteiger partial charge in [-0.05, 0) is 24.1 Å². The Morgan fingerprint density at radius 2 is 1.83 bits per heavy atom. The quantitative estimate of drug-likeness (QED) is 0.709. The number of amides is 2. The lowest BCUT2D eigenvalue weighted by Crippen LogP contribution is -2.73. The molecule has 0 radical (unpaired) electrons. The lowest BCUT2D eigenvalue weighted by atomic mass is 9.89. The third kappa shape index (κ3) is 4.99. The van der Waals surface area contributed by atoms with Gasteiger partial charge < -0.3 is 20.1 Å². The van der Waals surface area contributed by atoms with Gasteiger partial charge in [-0.15, -0.1) is 0 Å². The van der Waals surface area contributed by atoms with Crippen LogP contribution < -0.4 is 5.32 Å². The molecule has 1 saturated heterocycles. The van der Waals surface area contributed by atoms with Gasteiger partial charge in [-0.1, -0.05) is 48.5 Å². The van der Waals surface area contributed by atoms with Gasteiger partial charge in [0.1, 0.15) is 12.4 Å². The first-order chi connectivity index (χ1) is 13.9. The van der Waals surface area contributed by atoms with Crippen LogP contribution in [0.5, 0.6) is 0 Å². The highest BCUT2D eigenvalue weighted by Gasteiger charge is 2.46. The fourth-order valence-electron chi connectivity index (χ4n) is 3.34. The minimum absolute atomic E-state index is 0.0734. The second-order valence-electron chi connectivity index (χ2n) is 7.40. The molecule has 1 heterocycles. The molecule has 0 aliphatic carbocycles. The molecule has 6 nitrogen and oxygen atoms in total. The van der Waals surface area contributed by atoms with Crippen LogP contribution >= 0.6 is 0 Å². The van der Waals surface area contributed by atoms with Crippen molar-refractivity contribution in [1.29, 1.82) is 0 Å². The lowest BCUT2D eigenvalue weighted by Gasteiger charge is -2.49. The second kappa shape index (κ2) is 9.15. The standard InChI is InChI=1S/C22H25FN2O4/c1-16(18-9-5-6-10-19(18)23)21(28)24-22(15-26)13-25(14-22)20(27)12-29-11-17-7-3-2-4-8-17/h2-10,16,26H,11-15H2,1H3,(H,24,28). The Balaban J connectivity index is 1.49. The number of carbonyl (C=O) groups is 2. The number of benzene rings is 2. The maximum absolute atomic E-state index is 13.9. The number of ether oxygens (including phenoxy) is 1. The Hall–Kier alpha value is -2.77. The maximum Gasteiger partial charge on any atom is 0.248 e. The fourth-order valence-corrected chi connectivity index (χ4v) is 3.34. The van der Waals surface area contributed by atoms with Crippen molar-refractivity contribution in [3.05, 3.63) is 71.5 Å². The van der Waals surface area contributed by atoms with E-state index in [0.29, 0.717) is 12.2 Å². The van der Waals surface area contributed by atoms with Crippen LogP contribution in [0.1, 0.15) is 24.0 Å². The molecule has 1 aliphatic heterocycles. The number of nitrogens with zero attached hydrogens (tertiary/aromatic N) is 1. The fraction of sp³-hybridized carbons (Fsp3) is 0.364. The molecule has 29 heavy (non-hydrogen) atoms. The summed E-state index contributed by atoms with van der Waals surface area (Å²) < 4.78 is 19.4. The van der Waals surface area contributed by atoms with Crippen LogP contribution in [0.2, 0.25) is 0 Å². The molecule has 3 rings (SSSR count). The number of aliphatic hydroxyl groups excluding tert-OH is 1. The molecule has 0 aromatic heterocycles. The summed E-state index contributed by atoms with van der Waals surface area (Å²) in [5.41, 5.74) is 0.355. The number of halogens is 1. The van der Waals surface area contributed by atoms with E-state index in [1.165, 1.54) is 11.0 Å². The molecule has 0 saturated carbocycles. The predicted molar refractivity (Wildman–Crippen MR) is 105 cm³/mol. The molecular weight excluding hydrogens is 375 g/mol. The average Bonchev–Trinajstić information content (AvgIpc) is 2.70. The smallest absolute Gasteiger partial charge is 0.248 e. The first kappa shape index (κ1) is 21.0. The van der Waals surface area contributed by atoms with Crippen LogP contribution in [-0.2, 0) is 20.9 Å². The number of hydrogen-bond acceptors (Lipinski definition) is 4.